The van der Waals surface area contributed by atoms with Gasteiger partial charge in [-0.3, -0.25) is 14.7 Å². The van der Waals surface area contributed by atoms with Crippen molar-refractivity contribution in [3.05, 3.63) is 74.8 Å². The number of rotatable bonds is 5. The number of aromatic nitrogens is 2. The lowest BCUT2D eigenvalue weighted by atomic mass is 9.91. The van der Waals surface area contributed by atoms with Gasteiger partial charge >= 0.3 is 0 Å². The Morgan fingerprint density at radius 2 is 2.24 bits per heavy atom. The highest BCUT2D eigenvalue weighted by Crippen LogP contribution is 2.35. The average Bonchev–Trinajstić information content (AvgIpc) is 3.27. The van der Waals surface area contributed by atoms with Crippen LogP contribution in [0.25, 0.3) is 21.5 Å². The molecule has 0 bridgehead atoms. The molecule has 1 aliphatic rings. The van der Waals surface area contributed by atoms with Crippen LogP contribution in [0.1, 0.15) is 48.1 Å². The molecule has 6 nitrogen and oxygen atoms in total. The number of piperidine rings is 1. The van der Waals surface area contributed by atoms with E-state index in [-0.39, 0.29) is 11.2 Å². The summed E-state index contributed by atoms with van der Waals surface area (Å²) >= 11 is 1.44. The maximum atomic E-state index is 13.4. The van der Waals surface area contributed by atoms with Crippen molar-refractivity contribution in [2.45, 2.75) is 45.6 Å². The summed E-state index contributed by atoms with van der Waals surface area (Å²) in [5, 5.41) is 14.2. The predicted octanol–water partition coefficient (Wildman–Crippen LogP) is 5.27. The van der Waals surface area contributed by atoms with Crippen LogP contribution in [0.15, 0.2) is 51.4 Å². The van der Waals surface area contributed by atoms with Crippen LogP contribution in [-0.2, 0) is 13.0 Å². The molecule has 170 valence electrons. The van der Waals surface area contributed by atoms with Gasteiger partial charge in [-0.05, 0) is 61.9 Å². The summed E-state index contributed by atoms with van der Waals surface area (Å²) in [5.41, 5.74) is 4.41. The first-order chi connectivity index (χ1) is 16.0. The lowest BCUT2D eigenvalue weighted by Crippen LogP contribution is -2.34. The van der Waals surface area contributed by atoms with Crippen LogP contribution in [0, 0.1) is 6.92 Å². The molecule has 1 aromatic carbocycles. The van der Waals surface area contributed by atoms with Gasteiger partial charge in [-0.15, -0.1) is 11.3 Å². The van der Waals surface area contributed by atoms with Gasteiger partial charge in [0.05, 0.1) is 16.5 Å². The average molecular weight is 462 g/mol. The van der Waals surface area contributed by atoms with E-state index in [9.17, 15) is 9.90 Å². The third kappa shape index (κ3) is 4.18. The summed E-state index contributed by atoms with van der Waals surface area (Å²) < 4.78 is 6.02. The molecule has 0 spiro atoms. The second kappa shape index (κ2) is 9.08. The highest BCUT2D eigenvalue weighted by atomic mass is 32.1. The maximum absolute atomic E-state index is 13.4. The van der Waals surface area contributed by atoms with Crippen LogP contribution in [0.4, 0.5) is 0 Å². The normalized spacial score (nSPS) is 17.0. The van der Waals surface area contributed by atoms with Gasteiger partial charge in [-0.2, -0.15) is 0 Å². The predicted molar refractivity (Wildman–Crippen MR) is 131 cm³/mol. The molecular weight excluding hydrogens is 434 g/mol. The van der Waals surface area contributed by atoms with Gasteiger partial charge in [0.2, 0.25) is 5.43 Å². The van der Waals surface area contributed by atoms with Gasteiger partial charge in [-0.1, -0.05) is 13.0 Å². The van der Waals surface area contributed by atoms with Gasteiger partial charge in [-0.25, -0.2) is 4.98 Å². The topological polar surface area (TPSA) is 79.5 Å². The van der Waals surface area contributed by atoms with Crippen LogP contribution in [-0.4, -0.2) is 33.1 Å². The fraction of sp³-hybridized carbons (Fsp3) is 0.346. The van der Waals surface area contributed by atoms with E-state index in [4.69, 9.17) is 4.42 Å². The van der Waals surface area contributed by atoms with E-state index < -0.39 is 0 Å². The standard InChI is InChI=1S/C26H27N3O3S/c1-3-17-10-20-24(31)22(26-28-16(2)15-33-26)14-32-25(20)21(23(17)30)13-29-9-5-7-19(12-29)18-6-4-8-27-11-18/h4,6,8,10-11,14-15,19,30H,3,5,7,9,12-13H2,1-2H3. The smallest absolute Gasteiger partial charge is 0.202 e. The van der Waals surface area contributed by atoms with Crippen LogP contribution < -0.4 is 5.43 Å². The molecule has 0 aliphatic carbocycles. The number of phenolic OH excluding ortho intramolecular Hbond substituents is 1. The Morgan fingerprint density at radius 3 is 2.97 bits per heavy atom. The second-order valence-electron chi connectivity index (χ2n) is 8.73. The van der Waals surface area contributed by atoms with Crippen molar-refractivity contribution in [2.24, 2.45) is 0 Å². The number of aromatic hydroxyl groups is 1. The van der Waals surface area contributed by atoms with E-state index in [2.05, 4.69) is 20.9 Å². The number of thiazole rings is 1. The van der Waals surface area contributed by atoms with Gasteiger partial charge in [0.15, 0.2) is 0 Å². The van der Waals surface area contributed by atoms with E-state index in [1.54, 1.807) is 12.3 Å². The lowest BCUT2D eigenvalue weighted by Gasteiger charge is -2.33. The first kappa shape index (κ1) is 21.8. The first-order valence-electron chi connectivity index (χ1n) is 11.4. The molecule has 1 aliphatic heterocycles. The second-order valence-corrected chi connectivity index (χ2v) is 9.58. The molecule has 4 heterocycles. The van der Waals surface area contributed by atoms with Crippen molar-refractivity contribution in [3.63, 3.8) is 0 Å². The highest BCUT2D eigenvalue weighted by Gasteiger charge is 2.25. The Hall–Kier alpha value is -3.03. The Balaban J connectivity index is 1.54. The van der Waals surface area contributed by atoms with Crippen molar-refractivity contribution in [3.8, 4) is 16.3 Å². The van der Waals surface area contributed by atoms with Gasteiger partial charge < -0.3 is 9.52 Å². The van der Waals surface area contributed by atoms with E-state index in [1.807, 2.05) is 31.5 Å². The Bertz CT molecular complexity index is 1350. The summed E-state index contributed by atoms with van der Waals surface area (Å²) in [6, 6.07) is 5.89. The Morgan fingerprint density at radius 1 is 1.36 bits per heavy atom. The number of hydrogen-bond donors (Lipinski definition) is 1. The number of phenols is 1. The molecule has 3 aromatic heterocycles. The van der Waals surface area contributed by atoms with Gasteiger partial charge in [0.1, 0.15) is 22.6 Å². The summed E-state index contributed by atoms with van der Waals surface area (Å²) in [6.45, 7) is 6.25. The van der Waals surface area contributed by atoms with Gasteiger partial charge in [0, 0.05) is 36.6 Å². The number of aryl methyl sites for hydroxylation is 2. The van der Waals surface area contributed by atoms with Crippen molar-refractivity contribution in [2.75, 3.05) is 13.1 Å². The molecular formula is C26H27N3O3S. The molecule has 1 saturated heterocycles. The molecule has 0 radical (unpaired) electrons. The Kier molecular flexibility index (Phi) is 6.00. The third-order valence-electron chi connectivity index (χ3n) is 6.48. The molecule has 1 atom stereocenters. The molecule has 1 fully saturated rings. The van der Waals surface area contributed by atoms with E-state index >= 15 is 0 Å². The molecule has 0 saturated carbocycles. The maximum Gasteiger partial charge on any atom is 0.202 e. The van der Waals surface area contributed by atoms with Crippen molar-refractivity contribution >= 4 is 22.3 Å². The van der Waals surface area contributed by atoms with E-state index in [0.717, 1.165) is 37.2 Å². The van der Waals surface area contributed by atoms with Gasteiger partial charge in [0.25, 0.3) is 0 Å². The number of fused-ring (bicyclic) bond motifs is 1. The van der Waals surface area contributed by atoms with E-state index in [0.29, 0.717) is 46.0 Å². The SMILES string of the molecule is CCc1cc2c(=O)c(-c3nc(C)cs3)coc2c(CN2CCCC(c3cccnc3)C2)c1O. The molecule has 33 heavy (non-hydrogen) atoms. The molecule has 0 amide bonds. The monoisotopic (exact) mass is 461 g/mol. The highest BCUT2D eigenvalue weighted by molar-refractivity contribution is 7.13. The largest absolute Gasteiger partial charge is 0.507 e. The summed E-state index contributed by atoms with van der Waals surface area (Å²) in [6.07, 6.45) is 8.06. The summed E-state index contributed by atoms with van der Waals surface area (Å²) in [4.78, 5) is 24.5. The van der Waals surface area contributed by atoms with Crippen LogP contribution >= 0.6 is 11.3 Å². The number of nitrogens with zero attached hydrogens (tertiary/aromatic N) is 3. The number of benzene rings is 1. The minimum atomic E-state index is -0.103. The molecule has 4 aromatic rings. The first-order valence-corrected chi connectivity index (χ1v) is 12.3. The van der Waals surface area contributed by atoms with Crippen LogP contribution in [0.3, 0.4) is 0 Å². The molecule has 5 rings (SSSR count). The fourth-order valence-corrected chi connectivity index (χ4v) is 5.54. The minimum Gasteiger partial charge on any atom is -0.507 e. The molecule has 1 N–H and O–H groups in total. The van der Waals surface area contributed by atoms with Crippen molar-refractivity contribution in [1.82, 2.24) is 14.9 Å². The zero-order chi connectivity index (χ0) is 22.9. The van der Waals surface area contributed by atoms with Crippen molar-refractivity contribution in [1.29, 1.82) is 0 Å². The number of pyridine rings is 1. The Labute approximate surface area is 196 Å². The van der Waals surface area contributed by atoms with Crippen molar-refractivity contribution < 1.29 is 9.52 Å². The van der Waals surface area contributed by atoms with Crippen LogP contribution in [0.2, 0.25) is 0 Å². The lowest BCUT2D eigenvalue weighted by molar-refractivity contribution is 0.198. The molecule has 7 heteroatoms. The number of hydrogen-bond acceptors (Lipinski definition) is 7. The zero-order valence-corrected chi connectivity index (χ0v) is 19.7. The summed E-state index contributed by atoms with van der Waals surface area (Å²) in [5.74, 6) is 0.636. The minimum absolute atomic E-state index is 0.103. The summed E-state index contributed by atoms with van der Waals surface area (Å²) in [7, 11) is 0. The van der Waals surface area contributed by atoms with E-state index in [1.165, 1.54) is 23.2 Å². The zero-order valence-electron chi connectivity index (χ0n) is 18.9. The fourth-order valence-electron chi connectivity index (χ4n) is 4.75. The third-order valence-corrected chi connectivity index (χ3v) is 7.48. The van der Waals surface area contributed by atoms with Crippen LogP contribution in [0.5, 0.6) is 5.75 Å². The number of likely N-dealkylation sites (tertiary alicyclic amines) is 1. The molecule has 1 unspecified atom stereocenters. The quantitative estimate of drug-likeness (QED) is 0.436.